The molecule has 2 N–H and O–H groups in total. The maximum atomic E-state index is 5.89. The molecule has 0 radical (unpaired) electrons. The number of hydrogen-bond acceptors (Lipinski definition) is 3. The topological polar surface area (TPSA) is 33.3 Å². The number of hydrogen-bond donors (Lipinski definition) is 2. The van der Waals surface area contributed by atoms with E-state index in [1.807, 2.05) is 0 Å². The first kappa shape index (κ1) is 9.44. The Hall–Kier alpha value is -0.120. The third kappa shape index (κ3) is 1.73. The van der Waals surface area contributed by atoms with Crippen molar-refractivity contribution in [3.05, 3.63) is 0 Å². The highest BCUT2D eigenvalue weighted by Crippen LogP contribution is 2.27. The molecule has 1 spiro atoms. The van der Waals surface area contributed by atoms with Gasteiger partial charge in [0.1, 0.15) is 5.60 Å². The minimum Gasteiger partial charge on any atom is -0.369 e. The van der Waals surface area contributed by atoms with Crippen LogP contribution in [0, 0.1) is 0 Å². The second kappa shape index (κ2) is 3.95. The van der Waals surface area contributed by atoms with Gasteiger partial charge in [0, 0.05) is 25.7 Å². The summed E-state index contributed by atoms with van der Waals surface area (Å²) >= 11 is 0. The minimum absolute atomic E-state index is 0.146. The van der Waals surface area contributed by atoms with Gasteiger partial charge in [-0.25, -0.2) is 0 Å². The fraction of sp³-hybridized carbons (Fsp3) is 1.00. The van der Waals surface area contributed by atoms with Gasteiger partial charge in [0.05, 0.1) is 6.61 Å². The maximum Gasteiger partial charge on any atom is 0.108 e. The van der Waals surface area contributed by atoms with Crippen molar-refractivity contribution in [1.29, 1.82) is 0 Å². The molecule has 0 saturated carbocycles. The summed E-state index contributed by atoms with van der Waals surface area (Å²) in [4.78, 5) is 0. The molecule has 2 saturated heterocycles. The lowest BCUT2D eigenvalue weighted by Crippen LogP contribution is -2.73. The Morgan fingerprint density at radius 3 is 2.92 bits per heavy atom. The molecule has 0 aliphatic carbocycles. The molecule has 3 nitrogen and oxygen atoms in total. The molecule has 0 bridgehead atoms. The molecule has 2 fully saturated rings. The Morgan fingerprint density at radius 1 is 1.46 bits per heavy atom. The van der Waals surface area contributed by atoms with E-state index >= 15 is 0 Å². The SMILES string of the molecule is CCCCC1NCCOC12CNC2. The van der Waals surface area contributed by atoms with Crippen molar-refractivity contribution in [2.75, 3.05) is 26.2 Å². The van der Waals surface area contributed by atoms with Crippen LogP contribution in [0.5, 0.6) is 0 Å². The van der Waals surface area contributed by atoms with Crippen LogP contribution in [0.25, 0.3) is 0 Å². The summed E-state index contributed by atoms with van der Waals surface area (Å²) < 4.78 is 5.89. The zero-order valence-electron chi connectivity index (χ0n) is 8.44. The van der Waals surface area contributed by atoms with Crippen LogP contribution in [0.1, 0.15) is 26.2 Å². The molecule has 13 heavy (non-hydrogen) atoms. The monoisotopic (exact) mass is 184 g/mol. The molecule has 3 heteroatoms. The number of ether oxygens (including phenoxy) is 1. The standard InChI is InChI=1S/C10H20N2O/c1-2-3-4-9-10(7-11-8-10)13-6-5-12-9/h9,11-12H,2-8H2,1H3. The molecule has 1 atom stereocenters. The van der Waals surface area contributed by atoms with Crippen molar-refractivity contribution in [2.24, 2.45) is 0 Å². The van der Waals surface area contributed by atoms with Crippen LogP contribution in [-0.4, -0.2) is 37.9 Å². The number of nitrogens with one attached hydrogen (secondary N) is 2. The number of morpholine rings is 1. The van der Waals surface area contributed by atoms with Gasteiger partial charge in [-0.2, -0.15) is 0 Å². The van der Waals surface area contributed by atoms with Crippen molar-refractivity contribution in [1.82, 2.24) is 10.6 Å². The van der Waals surface area contributed by atoms with E-state index in [1.54, 1.807) is 0 Å². The highest BCUT2D eigenvalue weighted by Gasteiger charge is 2.46. The molecular weight excluding hydrogens is 164 g/mol. The number of rotatable bonds is 3. The molecule has 0 aromatic heterocycles. The Kier molecular flexibility index (Phi) is 2.86. The smallest absolute Gasteiger partial charge is 0.108 e. The molecule has 2 rings (SSSR count). The summed E-state index contributed by atoms with van der Waals surface area (Å²) in [5.41, 5.74) is 0.146. The molecular formula is C10H20N2O. The second-order valence-electron chi connectivity index (χ2n) is 4.17. The van der Waals surface area contributed by atoms with Crippen LogP contribution in [0.4, 0.5) is 0 Å². The normalized spacial score (nSPS) is 31.6. The van der Waals surface area contributed by atoms with Crippen molar-refractivity contribution >= 4 is 0 Å². The van der Waals surface area contributed by atoms with Gasteiger partial charge in [-0.3, -0.25) is 0 Å². The third-order valence-corrected chi connectivity index (χ3v) is 3.21. The van der Waals surface area contributed by atoms with E-state index in [9.17, 15) is 0 Å². The average molecular weight is 184 g/mol. The Balaban J connectivity index is 1.89. The average Bonchev–Trinajstić information content (AvgIpc) is 2.12. The third-order valence-electron chi connectivity index (χ3n) is 3.21. The first-order valence-electron chi connectivity index (χ1n) is 5.45. The van der Waals surface area contributed by atoms with E-state index in [1.165, 1.54) is 19.3 Å². The number of unbranched alkanes of at least 4 members (excludes halogenated alkanes) is 1. The lowest BCUT2D eigenvalue weighted by atomic mass is 9.84. The molecule has 76 valence electrons. The van der Waals surface area contributed by atoms with Gasteiger partial charge in [-0.1, -0.05) is 19.8 Å². The van der Waals surface area contributed by atoms with E-state index in [2.05, 4.69) is 17.6 Å². The van der Waals surface area contributed by atoms with Gasteiger partial charge in [-0.05, 0) is 6.42 Å². The van der Waals surface area contributed by atoms with Crippen molar-refractivity contribution < 1.29 is 4.74 Å². The van der Waals surface area contributed by atoms with E-state index in [-0.39, 0.29) is 5.60 Å². The maximum absolute atomic E-state index is 5.89. The first-order valence-corrected chi connectivity index (χ1v) is 5.45. The zero-order valence-corrected chi connectivity index (χ0v) is 8.44. The summed E-state index contributed by atoms with van der Waals surface area (Å²) in [7, 11) is 0. The fourth-order valence-electron chi connectivity index (χ4n) is 2.27. The van der Waals surface area contributed by atoms with E-state index < -0.39 is 0 Å². The van der Waals surface area contributed by atoms with Gasteiger partial charge in [0.2, 0.25) is 0 Å². The van der Waals surface area contributed by atoms with Crippen molar-refractivity contribution in [3.8, 4) is 0 Å². The van der Waals surface area contributed by atoms with E-state index in [4.69, 9.17) is 4.74 Å². The Bertz CT molecular complexity index is 168. The van der Waals surface area contributed by atoms with Crippen LogP contribution in [0.3, 0.4) is 0 Å². The summed E-state index contributed by atoms with van der Waals surface area (Å²) in [6.07, 6.45) is 3.85. The predicted molar refractivity (Wildman–Crippen MR) is 52.9 cm³/mol. The van der Waals surface area contributed by atoms with Crippen molar-refractivity contribution in [3.63, 3.8) is 0 Å². The van der Waals surface area contributed by atoms with E-state index in [0.29, 0.717) is 6.04 Å². The highest BCUT2D eigenvalue weighted by molar-refractivity contribution is 5.05. The predicted octanol–water partition coefficient (Wildman–Crippen LogP) is 0.507. The van der Waals surface area contributed by atoms with Gasteiger partial charge in [0.15, 0.2) is 0 Å². The molecule has 2 aliphatic heterocycles. The van der Waals surface area contributed by atoms with Gasteiger partial charge in [0.25, 0.3) is 0 Å². The quantitative estimate of drug-likeness (QED) is 0.670. The van der Waals surface area contributed by atoms with Gasteiger partial charge < -0.3 is 15.4 Å². The summed E-state index contributed by atoms with van der Waals surface area (Å²) in [6.45, 7) is 6.22. The molecule has 0 aromatic rings. The summed E-state index contributed by atoms with van der Waals surface area (Å²) in [5.74, 6) is 0. The molecule has 1 unspecified atom stereocenters. The molecule has 0 amide bonds. The van der Waals surface area contributed by atoms with Gasteiger partial charge in [-0.15, -0.1) is 0 Å². The van der Waals surface area contributed by atoms with Crippen LogP contribution < -0.4 is 10.6 Å². The molecule has 2 aliphatic rings. The van der Waals surface area contributed by atoms with Gasteiger partial charge >= 0.3 is 0 Å². The van der Waals surface area contributed by atoms with Crippen LogP contribution >= 0.6 is 0 Å². The first-order chi connectivity index (χ1) is 6.37. The van der Waals surface area contributed by atoms with E-state index in [0.717, 1.165) is 26.2 Å². The minimum atomic E-state index is 0.146. The van der Waals surface area contributed by atoms with Crippen LogP contribution in [-0.2, 0) is 4.74 Å². The second-order valence-corrected chi connectivity index (χ2v) is 4.17. The van der Waals surface area contributed by atoms with Crippen LogP contribution in [0.2, 0.25) is 0 Å². The van der Waals surface area contributed by atoms with Crippen molar-refractivity contribution in [2.45, 2.75) is 37.8 Å². The lowest BCUT2D eigenvalue weighted by molar-refractivity contribution is -0.128. The summed E-state index contributed by atoms with van der Waals surface area (Å²) in [5, 5.41) is 6.89. The summed E-state index contributed by atoms with van der Waals surface area (Å²) in [6, 6.07) is 0.586. The zero-order chi connectivity index (χ0) is 9.15. The fourth-order valence-corrected chi connectivity index (χ4v) is 2.27. The Labute approximate surface area is 80.2 Å². The highest BCUT2D eigenvalue weighted by atomic mass is 16.5. The van der Waals surface area contributed by atoms with Crippen LogP contribution in [0.15, 0.2) is 0 Å². The largest absolute Gasteiger partial charge is 0.369 e. The molecule has 2 heterocycles. The molecule has 0 aromatic carbocycles. The Morgan fingerprint density at radius 2 is 2.31 bits per heavy atom. The lowest BCUT2D eigenvalue weighted by Gasteiger charge is -2.51.